The van der Waals surface area contributed by atoms with Crippen LogP contribution < -0.4 is 0 Å². The molecule has 2 heterocycles. The van der Waals surface area contributed by atoms with E-state index < -0.39 is 5.97 Å². The van der Waals surface area contributed by atoms with Gasteiger partial charge in [-0.1, -0.05) is 48.4 Å². The maximum Gasteiger partial charge on any atom is 0.359 e. The average Bonchev–Trinajstić information content (AvgIpc) is 3.29. The molecular weight excluding hydrogens is 439 g/mol. The molecule has 0 aliphatic carbocycles. The molecule has 0 bridgehead atoms. The Bertz CT molecular complexity index is 1120. The van der Waals surface area contributed by atoms with Crippen molar-refractivity contribution in [3.05, 3.63) is 56.5 Å². The monoisotopic (exact) mass is 460 g/mol. The maximum atomic E-state index is 12.5. The molecule has 156 valence electrons. The van der Waals surface area contributed by atoms with Gasteiger partial charge in [0.25, 0.3) is 0 Å². The van der Waals surface area contributed by atoms with E-state index in [1.807, 2.05) is 19.1 Å². The van der Waals surface area contributed by atoms with E-state index in [1.54, 1.807) is 41.1 Å². The molecule has 3 aromatic rings. The van der Waals surface area contributed by atoms with Crippen LogP contribution in [0.2, 0.25) is 10.0 Å². The molecule has 0 saturated carbocycles. The number of nitrogens with zero attached hydrogens (tertiary/aromatic N) is 2. The van der Waals surface area contributed by atoms with E-state index in [-0.39, 0.29) is 12.3 Å². The molecule has 0 fully saturated rings. The maximum absolute atomic E-state index is 12.5. The zero-order chi connectivity index (χ0) is 21.7. The van der Waals surface area contributed by atoms with Crippen LogP contribution in [0, 0.1) is 18.8 Å². The summed E-state index contributed by atoms with van der Waals surface area (Å²) in [4.78, 5) is 14.4. The van der Waals surface area contributed by atoms with Gasteiger partial charge in [-0.15, -0.1) is 11.3 Å². The van der Waals surface area contributed by atoms with Gasteiger partial charge in [0.15, 0.2) is 5.69 Å². The highest BCUT2D eigenvalue weighted by atomic mass is 35.5. The number of aromatic nitrogens is 2. The minimum absolute atomic E-state index is 0.266. The van der Waals surface area contributed by atoms with Crippen molar-refractivity contribution in [2.24, 2.45) is 0 Å². The zero-order valence-corrected chi connectivity index (χ0v) is 19.4. The lowest BCUT2D eigenvalue weighted by Crippen LogP contribution is -2.07. The van der Waals surface area contributed by atoms with E-state index in [2.05, 4.69) is 23.9 Å². The Labute approximate surface area is 190 Å². The Hall–Kier alpha value is -2.26. The third-order valence-electron chi connectivity index (χ3n) is 4.44. The highest BCUT2D eigenvalue weighted by Gasteiger charge is 2.24. The molecule has 4 nitrogen and oxygen atoms in total. The van der Waals surface area contributed by atoms with Gasteiger partial charge in [-0.05, 0) is 50.6 Å². The standard InChI is InChI=1S/C23H22Cl2N2O2S/c1-4-6-7-8-9-17-11-13-20(30-17)22-15(3)21(23(28)29-5-2)26-27(22)19-12-10-16(24)14-18(19)25/h10-14H,4-7H2,1-3H3. The molecule has 0 spiro atoms. The van der Waals surface area contributed by atoms with Crippen LogP contribution in [0.3, 0.4) is 0 Å². The van der Waals surface area contributed by atoms with Crippen molar-refractivity contribution in [1.29, 1.82) is 0 Å². The molecule has 0 aliphatic heterocycles. The van der Waals surface area contributed by atoms with Crippen LogP contribution in [-0.4, -0.2) is 22.4 Å². The number of ether oxygens (including phenoxy) is 1. The Morgan fingerprint density at radius 3 is 2.73 bits per heavy atom. The van der Waals surface area contributed by atoms with Crippen LogP contribution in [0.25, 0.3) is 16.3 Å². The Balaban J connectivity index is 2.11. The molecule has 0 unspecified atom stereocenters. The summed E-state index contributed by atoms with van der Waals surface area (Å²) in [7, 11) is 0. The number of hydrogen-bond acceptors (Lipinski definition) is 4. The van der Waals surface area contributed by atoms with Gasteiger partial charge in [0, 0.05) is 17.0 Å². The summed E-state index contributed by atoms with van der Waals surface area (Å²) >= 11 is 14.1. The molecule has 1 aromatic carbocycles. The van der Waals surface area contributed by atoms with Gasteiger partial charge in [-0.3, -0.25) is 0 Å². The first-order chi connectivity index (χ1) is 14.5. The molecule has 7 heteroatoms. The quantitative estimate of drug-likeness (QED) is 0.227. The van der Waals surface area contributed by atoms with Crippen molar-refractivity contribution < 1.29 is 9.53 Å². The molecule has 30 heavy (non-hydrogen) atoms. The Kier molecular flexibility index (Phi) is 7.60. The summed E-state index contributed by atoms with van der Waals surface area (Å²) in [5, 5.41) is 5.52. The first-order valence-electron chi connectivity index (χ1n) is 9.77. The summed E-state index contributed by atoms with van der Waals surface area (Å²) in [6.45, 7) is 6.06. The topological polar surface area (TPSA) is 44.1 Å². The smallest absolute Gasteiger partial charge is 0.359 e. The predicted octanol–water partition coefficient (Wildman–Crippen LogP) is 6.93. The van der Waals surface area contributed by atoms with Crippen LogP contribution in [-0.2, 0) is 4.74 Å². The zero-order valence-electron chi connectivity index (χ0n) is 17.1. The van der Waals surface area contributed by atoms with Gasteiger partial charge in [-0.2, -0.15) is 5.10 Å². The van der Waals surface area contributed by atoms with Gasteiger partial charge >= 0.3 is 5.97 Å². The summed E-state index contributed by atoms with van der Waals surface area (Å²) in [5.41, 5.74) is 2.42. The van der Waals surface area contributed by atoms with Crippen LogP contribution in [0.4, 0.5) is 0 Å². The van der Waals surface area contributed by atoms with Crippen molar-refractivity contribution in [2.75, 3.05) is 6.61 Å². The fraction of sp³-hybridized carbons (Fsp3) is 0.304. The molecule has 0 aliphatic rings. The minimum Gasteiger partial charge on any atom is -0.461 e. The van der Waals surface area contributed by atoms with E-state index in [9.17, 15) is 4.79 Å². The van der Waals surface area contributed by atoms with Crippen molar-refractivity contribution in [3.8, 4) is 28.1 Å². The summed E-state index contributed by atoms with van der Waals surface area (Å²) in [6.07, 6.45) is 3.10. The number of benzene rings is 1. The first-order valence-corrected chi connectivity index (χ1v) is 11.3. The van der Waals surface area contributed by atoms with Crippen molar-refractivity contribution in [2.45, 2.75) is 40.0 Å². The molecule has 0 saturated heterocycles. The Morgan fingerprint density at radius 1 is 1.23 bits per heavy atom. The number of carbonyl (C=O) groups is 1. The summed E-state index contributed by atoms with van der Waals surface area (Å²) < 4.78 is 6.87. The number of halogens is 2. The largest absolute Gasteiger partial charge is 0.461 e. The summed E-state index contributed by atoms with van der Waals surface area (Å²) in [5.74, 6) is 5.97. The van der Waals surface area contributed by atoms with E-state index in [0.29, 0.717) is 15.7 Å². The first kappa shape index (κ1) is 22.4. The van der Waals surface area contributed by atoms with E-state index in [1.165, 1.54) is 0 Å². The van der Waals surface area contributed by atoms with Crippen LogP contribution >= 0.6 is 34.5 Å². The molecule has 2 aromatic heterocycles. The van der Waals surface area contributed by atoms with E-state index in [4.69, 9.17) is 27.9 Å². The summed E-state index contributed by atoms with van der Waals surface area (Å²) in [6, 6.07) is 9.17. The molecule has 0 atom stereocenters. The van der Waals surface area contributed by atoms with Crippen molar-refractivity contribution in [3.63, 3.8) is 0 Å². The average molecular weight is 461 g/mol. The number of esters is 1. The fourth-order valence-corrected chi connectivity index (χ4v) is 4.41. The third kappa shape index (κ3) is 4.89. The van der Waals surface area contributed by atoms with Crippen molar-refractivity contribution >= 4 is 40.5 Å². The number of rotatable bonds is 6. The second-order valence-corrected chi connectivity index (χ2v) is 8.55. The van der Waals surface area contributed by atoms with Gasteiger partial charge in [0.05, 0.1) is 32.8 Å². The number of unbranched alkanes of at least 4 members (excludes halogenated alkanes) is 2. The number of thiophene rings is 1. The molecule has 0 amide bonds. The second kappa shape index (κ2) is 10.2. The predicted molar refractivity (Wildman–Crippen MR) is 124 cm³/mol. The minimum atomic E-state index is -0.462. The van der Waals surface area contributed by atoms with Crippen LogP contribution in [0.5, 0.6) is 0 Å². The third-order valence-corrected chi connectivity index (χ3v) is 5.98. The highest BCUT2D eigenvalue weighted by molar-refractivity contribution is 7.16. The second-order valence-electron chi connectivity index (χ2n) is 6.62. The highest BCUT2D eigenvalue weighted by Crippen LogP contribution is 2.36. The normalized spacial score (nSPS) is 10.6. The van der Waals surface area contributed by atoms with Gasteiger partial charge in [0.2, 0.25) is 0 Å². The SMILES string of the molecule is CCCCC#Cc1ccc(-c2c(C)c(C(=O)OCC)nn2-c2ccc(Cl)cc2Cl)s1. The Morgan fingerprint density at radius 2 is 2.03 bits per heavy atom. The number of carbonyl (C=O) groups excluding carboxylic acids is 1. The van der Waals surface area contributed by atoms with Gasteiger partial charge in [-0.25, -0.2) is 9.48 Å². The molecule has 3 rings (SSSR count). The van der Waals surface area contributed by atoms with E-state index >= 15 is 0 Å². The van der Waals surface area contributed by atoms with Crippen LogP contribution in [0.15, 0.2) is 30.3 Å². The lowest BCUT2D eigenvalue weighted by molar-refractivity contribution is 0.0518. The van der Waals surface area contributed by atoms with Crippen molar-refractivity contribution in [1.82, 2.24) is 9.78 Å². The lowest BCUT2D eigenvalue weighted by Gasteiger charge is -2.09. The molecule has 0 radical (unpaired) electrons. The lowest BCUT2D eigenvalue weighted by atomic mass is 10.1. The van der Waals surface area contributed by atoms with Gasteiger partial charge < -0.3 is 4.74 Å². The fourth-order valence-electron chi connectivity index (χ4n) is 2.95. The molecular formula is C23H22Cl2N2O2S. The van der Waals surface area contributed by atoms with E-state index in [0.717, 1.165) is 40.3 Å². The van der Waals surface area contributed by atoms with Gasteiger partial charge in [0.1, 0.15) is 0 Å². The number of hydrogen-bond donors (Lipinski definition) is 0. The van der Waals surface area contributed by atoms with Crippen LogP contribution in [0.1, 0.15) is 54.0 Å². The molecule has 0 N–H and O–H groups in total.